The number of nitrogens with zero attached hydrogens (tertiary/aromatic N) is 5. The van der Waals surface area contributed by atoms with E-state index in [0.29, 0.717) is 39.8 Å². The van der Waals surface area contributed by atoms with Crippen LogP contribution in [-0.4, -0.2) is 51.2 Å². The third-order valence-corrected chi connectivity index (χ3v) is 4.98. The Kier molecular flexibility index (Phi) is 6.16. The lowest BCUT2D eigenvalue weighted by Gasteiger charge is -2.06. The largest absolute Gasteiger partial charge is 0.383 e. The Morgan fingerprint density at radius 3 is 2.53 bits per heavy atom. The number of benzene rings is 2. The summed E-state index contributed by atoms with van der Waals surface area (Å²) in [6.45, 7) is 0.694. The van der Waals surface area contributed by atoms with Gasteiger partial charge in [-0.1, -0.05) is 29.8 Å². The molecule has 2 aromatic heterocycles. The van der Waals surface area contributed by atoms with Gasteiger partial charge in [-0.05, 0) is 50.5 Å². The summed E-state index contributed by atoms with van der Waals surface area (Å²) in [6, 6.07) is 14.7. The van der Waals surface area contributed by atoms with Gasteiger partial charge in [0.15, 0.2) is 5.65 Å². The number of nitrogens with one attached hydrogen (secondary N) is 1. The van der Waals surface area contributed by atoms with E-state index in [1.165, 1.54) is 12.4 Å². The van der Waals surface area contributed by atoms with E-state index in [0.717, 1.165) is 11.3 Å². The highest BCUT2D eigenvalue weighted by Gasteiger charge is 2.18. The molecule has 4 aromatic rings. The standard InChI is InChI=1S/C23H22ClN7O/c1-30(2)13-3-4-19(32)28-17-9-11-18(12-10-17)31-23-20(22(25)26-14-27-23)21(29-31)15-5-7-16(24)8-6-15/h3-12,14H,13H2,1-2H3,(H,28,32)(H2,25,26,27)/b4-3+. The third-order valence-electron chi connectivity index (χ3n) is 4.73. The van der Waals surface area contributed by atoms with Crippen molar-refractivity contribution in [2.75, 3.05) is 31.7 Å². The number of nitrogen functional groups attached to an aromatic ring is 1. The second-order valence-corrected chi connectivity index (χ2v) is 7.86. The minimum atomic E-state index is -0.185. The van der Waals surface area contributed by atoms with E-state index in [-0.39, 0.29) is 5.91 Å². The van der Waals surface area contributed by atoms with Crippen LogP contribution in [0.4, 0.5) is 11.5 Å². The van der Waals surface area contributed by atoms with Gasteiger partial charge in [-0.15, -0.1) is 0 Å². The Hall–Kier alpha value is -3.75. The Labute approximate surface area is 190 Å². The smallest absolute Gasteiger partial charge is 0.248 e. The first-order valence-electron chi connectivity index (χ1n) is 9.90. The van der Waals surface area contributed by atoms with E-state index in [9.17, 15) is 4.79 Å². The predicted octanol–water partition coefficient (Wildman–Crippen LogP) is 3.77. The Bertz CT molecular complexity index is 1280. The first kappa shape index (κ1) is 21.5. The molecule has 0 unspecified atom stereocenters. The number of halogens is 1. The average Bonchev–Trinajstić information content (AvgIpc) is 3.15. The van der Waals surface area contributed by atoms with Crippen LogP contribution in [0.25, 0.3) is 28.0 Å². The molecular formula is C23H22ClN7O. The van der Waals surface area contributed by atoms with E-state index in [2.05, 4.69) is 15.3 Å². The molecule has 0 fully saturated rings. The molecule has 32 heavy (non-hydrogen) atoms. The fourth-order valence-corrected chi connectivity index (χ4v) is 3.33. The zero-order chi connectivity index (χ0) is 22.7. The monoisotopic (exact) mass is 447 g/mol. The zero-order valence-electron chi connectivity index (χ0n) is 17.7. The van der Waals surface area contributed by atoms with Crippen molar-refractivity contribution in [2.45, 2.75) is 0 Å². The number of nitrogens with two attached hydrogens (primary N) is 1. The van der Waals surface area contributed by atoms with Crippen LogP contribution < -0.4 is 11.1 Å². The number of fused-ring (bicyclic) bond motifs is 1. The van der Waals surface area contributed by atoms with Crippen molar-refractivity contribution < 1.29 is 4.79 Å². The molecule has 2 aromatic carbocycles. The summed E-state index contributed by atoms with van der Waals surface area (Å²) >= 11 is 6.03. The molecule has 3 N–H and O–H groups in total. The van der Waals surface area contributed by atoms with Gasteiger partial charge in [0.2, 0.25) is 5.91 Å². The van der Waals surface area contributed by atoms with Crippen molar-refractivity contribution in [3.63, 3.8) is 0 Å². The van der Waals surface area contributed by atoms with Crippen molar-refractivity contribution in [2.24, 2.45) is 0 Å². The molecule has 0 radical (unpaired) electrons. The SMILES string of the molecule is CN(C)C/C=C/C(=O)Nc1ccc(-n2nc(-c3ccc(Cl)cc3)c3c(N)ncnc32)cc1. The van der Waals surface area contributed by atoms with E-state index in [1.807, 2.05) is 61.5 Å². The lowest BCUT2D eigenvalue weighted by molar-refractivity contribution is -0.111. The molecule has 0 aliphatic rings. The summed E-state index contributed by atoms with van der Waals surface area (Å²) in [4.78, 5) is 22.6. The summed E-state index contributed by atoms with van der Waals surface area (Å²) in [6.07, 6.45) is 4.74. The number of hydrogen-bond acceptors (Lipinski definition) is 6. The van der Waals surface area contributed by atoms with Crippen LogP contribution in [0.5, 0.6) is 0 Å². The maximum Gasteiger partial charge on any atom is 0.248 e. The van der Waals surface area contributed by atoms with Crippen LogP contribution in [-0.2, 0) is 4.79 Å². The van der Waals surface area contributed by atoms with Crippen molar-refractivity contribution in [1.82, 2.24) is 24.6 Å². The summed E-state index contributed by atoms with van der Waals surface area (Å²) < 4.78 is 1.71. The minimum Gasteiger partial charge on any atom is -0.383 e. The summed E-state index contributed by atoms with van der Waals surface area (Å²) in [5.74, 6) is 0.161. The Balaban J connectivity index is 1.65. The first-order chi connectivity index (χ1) is 15.4. The van der Waals surface area contributed by atoms with Crippen molar-refractivity contribution >= 4 is 40.0 Å². The second-order valence-electron chi connectivity index (χ2n) is 7.43. The molecule has 0 aliphatic heterocycles. The van der Waals surface area contributed by atoms with Crippen LogP contribution in [0, 0.1) is 0 Å². The number of carbonyl (C=O) groups is 1. The molecule has 0 bridgehead atoms. The van der Waals surface area contributed by atoms with Gasteiger partial charge in [0.05, 0.1) is 11.1 Å². The lowest BCUT2D eigenvalue weighted by Crippen LogP contribution is -2.12. The van der Waals surface area contributed by atoms with Gasteiger partial charge in [0.25, 0.3) is 0 Å². The molecule has 1 amide bonds. The van der Waals surface area contributed by atoms with Crippen LogP contribution in [0.1, 0.15) is 0 Å². The molecule has 0 spiro atoms. The molecule has 2 heterocycles. The number of aromatic nitrogens is 4. The van der Waals surface area contributed by atoms with Gasteiger partial charge in [0, 0.05) is 28.9 Å². The highest BCUT2D eigenvalue weighted by molar-refractivity contribution is 6.30. The van der Waals surface area contributed by atoms with E-state index < -0.39 is 0 Å². The number of likely N-dealkylation sites (N-methyl/N-ethyl adjacent to an activating group) is 1. The van der Waals surface area contributed by atoms with Crippen molar-refractivity contribution in [3.8, 4) is 16.9 Å². The highest BCUT2D eigenvalue weighted by Crippen LogP contribution is 2.32. The molecule has 0 saturated heterocycles. The average molecular weight is 448 g/mol. The topological polar surface area (TPSA) is 102 Å². The fraction of sp³-hybridized carbons (Fsp3) is 0.130. The minimum absolute atomic E-state index is 0.185. The van der Waals surface area contributed by atoms with Crippen molar-refractivity contribution in [3.05, 3.63) is 72.0 Å². The number of amides is 1. The first-order valence-corrected chi connectivity index (χ1v) is 10.3. The van der Waals surface area contributed by atoms with E-state index in [4.69, 9.17) is 22.4 Å². The number of carbonyl (C=O) groups excluding carboxylic acids is 1. The van der Waals surface area contributed by atoms with Crippen LogP contribution in [0.15, 0.2) is 67.0 Å². The van der Waals surface area contributed by atoms with Crippen LogP contribution in [0.3, 0.4) is 0 Å². The normalized spacial score (nSPS) is 11.5. The number of anilines is 2. The maximum atomic E-state index is 12.1. The van der Waals surface area contributed by atoms with Crippen LogP contribution in [0.2, 0.25) is 5.02 Å². The van der Waals surface area contributed by atoms with Gasteiger partial charge in [-0.25, -0.2) is 14.6 Å². The second kappa shape index (κ2) is 9.17. The molecule has 0 aliphatic carbocycles. The number of hydrogen-bond donors (Lipinski definition) is 2. The molecule has 0 saturated carbocycles. The van der Waals surface area contributed by atoms with Gasteiger partial charge in [0.1, 0.15) is 17.8 Å². The predicted molar refractivity (Wildman–Crippen MR) is 128 cm³/mol. The quantitative estimate of drug-likeness (QED) is 0.436. The molecule has 9 heteroatoms. The van der Waals surface area contributed by atoms with Gasteiger partial charge in [-0.3, -0.25) is 4.79 Å². The highest BCUT2D eigenvalue weighted by atomic mass is 35.5. The van der Waals surface area contributed by atoms with E-state index >= 15 is 0 Å². The molecule has 8 nitrogen and oxygen atoms in total. The Morgan fingerprint density at radius 1 is 1.12 bits per heavy atom. The molecule has 162 valence electrons. The Morgan fingerprint density at radius 2 is 1.84 bits per heavy atom. The van der Waals surface area contributed by atoms with Crippen molar-refractivity contribution in [1.29, 1.82) is 0 Å². The zero-order valence-corrected chi connectivity index (χ0v) is 18.4. The summed E-state index contributed by atoms with van der Waals surface area (Å²) in [5.41, 5.74) is 9.72. The lowest BCUT2D eigenvalue weighted by atomic mass is 10.1. The maximum absolute atomic E-state index is 12.1. The fourth-order valence-electron chi connectivity index (χ4n) is 3.20. The molecule has 0 atom stereocenters. The summed E-state index contributed by atoms with van der Waals surface area (Å²) in [5, 5.41) is 8.90. The van der Waals surface area contributed by atoms with Gasteiger partial charge in [-0.2, -0.15) is 5.10 Å². The summed E-state index contributed by atoms with van der Waals surface area (Å²) in [7, 11) is 3.88. The molecule has 4 rings (SSSR count). The van der Waals surface area contributed by atoms with Crippen LogP contribution >= 0.6 is 11.6 Å². The third kappa shape index (κ3) is 4.61. The molecular weight excluding hydrogens is 426 g/mol. The number of rotatable bonds is 6. The van der Waals surface area contributed by atoms with E-state index in [1.54, 1.807) is 16.8 Å². The van der Waals surface area contributed by atoms with Gasteiger partial charge < -0.3 is 16.0 Å². The van der Waals surface area contributed by atoms with Gasteiger partial charge >= 0.3 is 0 Å².